The number of alkyl carbamates (subject to hydrolysis) is 1. The van der Waals surface area contributed by atoms with Crippen molar-refractivity contribution >= 4 is 17.6 Å². The van der Waals surface area contributed by atoms with E-state index in [0.29, 0.717) is 25.7 Å². The molecule has 0 unspecified atom stereocenters. The average molecular weight is 343 g/mol. The summed E-state index contributed by atoms with van der Waals surface area (Å²) in [4.78, 5) is 23.9. The van der Waals surface area contributed by atoms with Gasteiger partial charge in [0.15, 0.2) is 0 Å². The van der Waals surface area contributed by atoms with Gasteiger partial charge >= 0.3 is 12.1 Å². The number of hydrogen-bond acceptors (Lipinski definition) is 4. The van der Waals surface area contributed by atoms with Gasteiger partial charge in [-0.05, 0) is 50.8 Å². The Bertz CT molecular complexity index is 689. The van der Waals surface area contributed by atoms with Gasteiger partial charge in [-0.1, -0.05) is 30.3 Å². The van der Waals surface area contributed by atoms with E-state index in [-0.39, 0.29) is 12.0 Å². The van der Waals surface area contributed by atoms with Gasteiger partial charge in [0, 0.05) is 12.8 Å². The lowest BCUT2D eigenvalue weighted by Crippen LogP contribution is -2.44. The first-order valence-corrected chi connectivity index (χ1v) is 8.76. The number of rotatable bonds is 2. The van der Waals surface area contributed by atoms with Crippen molar-refractivity contribution in [1.29, 1.82) is 0 Å². The van der Waals surface area contributed by atoms with Gasteiger partial charge < -0.3 is 14.8 Å². The summed E-state index contributed by atoms with van der Waals surface area (Å²) in [6, 6.07) is 9.72. The van der Waals surface area contributed by atoms with Gasteiger partial charge in [0.05, 0.1) is 6.04 Å². The first-order valence-electron chi connectivity index (χ1n) is 8.76. The third-order valence-corrected chi connectivity index (χ3v) is 4.52. The molecular formula is C20H25NO4. The Kier molecular flexibility index (Phi) is 4.58. The molecule has 1 spiro atoms. The van der Waals surface area contributed by atoms with Gasteiger partial charge in [-0.3, -0.25) is 4.79 Å². The molecule has 1 aliphatic heterocycles. The van der Waals surface area contributed by atoms with E-state index < -0.39 is 17.3 Å². The van der Waals surface area contributed by atoms with E-state index in [1.54, 1.807) is 0 Å². The number of esters is 1. The highest BCUT2D eigenvalue weighted by Gasteiger charge is 2.43. The summed E-state index contributed by atoms with van der Waals surface area (Å²) < 4.78 is 11.0. The molecule has 1 amide bonds. The van der Waals surface area contributed by atoms with E-state index in [1.165, 1.54) is 0 Å². The van der Waals surface area contributed by atoms with Crippen LogP contribution in [0.1, 0.15) is 52.0 Å². The molecule has 2 aliphatic rings. The largest absolute Gasteiger partial charge is 0.455 e. The van der Waals surface area contributed by atoms with Crippen molar-refractivity contribution in [1.82, 2.24) is 5.32 Å². The molecule has 1 aromatic rings. The molecule has 1 N–H and O–H groups in total. The predicted octanol–water partition coefficient (Wildman–Crippen LogP) is 3.83. The van der Waals surface area contributed by atoms with Crippen LogP contribution in [0, 0.1) is 0 Å². The van der Waals surface area contributed by atoms with Crippen LogP contribution in [0.2, 0.25) is 0 Å². The van der Waals surface area contributed by atoms with Crippen molar-refractivity contribution in [3.05, 3.63) is 42.0 Å². The lowest BCUT2D eigenvalue weighted by molar-refractivity contribution is -0.145. The Morgan fingerprint density at radius 2 is 1.96 bits per heavy atom. The highest BCUT2D eigenvalue weighted by Crippen LogP contribution is 2.41. The van der Waals surface area contributed by atoms with E-state index in [1.807, 2.05) is 57.2 Å². The molecule has 2 atom stereocenters. The van der Waals surface area contributed by atoms with Crippen molar-refractivity contribution in [3.63, 3.8) is 0 Å². The van der Waals surface area contributed by atoms with Gasteiger partial charge in [-0.25, -0.2) is 4.79 Å². The maximum absolute atomic E-state index is 12.2. The summed E-state index contributed by atoms with van der Waals surface area (Å²) in [7, 11) is 0. The number of carbonyl (C=O) groups excluding carboxylic acids is 2. The van der Waals surface area contributed by atoms with Crippen LogP contribution in [-0.2, 0) is 14.3 Å². The van der Waals surface area contributed by atoms with Crippen molar-refractivity contribution in [2.75, 3.05) is 0 Å². The normalized spacial score (nSPS) is 26.1. The van der Waals surface area contributed by atoms with Crippen LogP contribution < -0.4 is 5.32 Å². The SMILES string of the molecule is CC(C)(C)OC(=O)N[C@@H]1CC[C@@]2(C=C1c1ccccc1)CCC(=O)O2. The number of nitrogens with one attached hydrogen (secondary N) is 1. The number of hydrogen-bond donors (Lipinski definition) is 1. The van der Waals surface area contributed by atoms with E-state index in [9.17, 15) is 9.59 Å². The van der Waals surface area contributed by atoms with Gasteiger partial charge in [0.1, 0.15) is 11.2 Å². The third-order valence-electron chi connectivity index (χ3n) is 4.52. The number of carbonyl (C=O) groups is 2. The summed E-state index contributed by atoms with van der Waals surface area (Å²) in [6.45, 7) is 5.52. The summed E-state index contributed by atoms with van der Waals surface area (Å²) in [6.07, 6.45) is 4.14. The van der Waals surface area contributed by atoms with Crippen LogP contribution in [0.3, 0.4) is 0 Å². The second-order valence-electron chi connectivity index (χ2n) is 7.74. The van der Waals surface area contributed by atoms with Crippen molar-refractivity contribution in [2.45, 2.75) is 63.7 Å². The second-order valence-corrected chi connectivity index (χ2v) is 7.74. The quantitative estimate of drug-likeness (QED) is 0.829. The Hall–Kier alpha value is -2.30. The van der Waals surface area contributed by atoms with E-state index in [2.05, 4.69) is 5.32 Å². The lowest BCUT2D eigenvalue weighted by Gasteiger charge is -2.35. The van der Waals surface area contributed by atoms with Gasteiger partial charge in [0.25, 0.3) is 0 Å². The molecule has 134 valence electrons. The minimum atomic E-state index is -0.544. The molecule has 1 fully saturated rings. The monoisotopic (exact) mass is 343 g/mol. The van der Waals surface area contributed by atoms with Crippen LogP contribution >= 0.6 is 0 Å². The fourth-order valence-corrected chi connectivity index (χ4v) is 3.44. The minimum absolute atomic E-state index is 0.151. The first kappa shape index (κ1) is 17.5. The molecule has 1 heterocycles. The molecule has 1 aliphatic carbocycles. The van der Waals surface area contributed by atoms with Gasteiger partial charge in [0.2, 0.25) is 0 Å². The van der Waals surface area contributed by atoms with Crippen molar-refractivity contribution in [3.8, 4) is 0 Å². The average Bonchev–Trinajstić information content (AvgIpc) is 2.89. The Morgan fingerprint density at radius 3 is 2.56 bits per heavy atom. The molecule has 3 rings (SSSR count). The summed E-state index contributed by atoms with van der Waals surface area (Å²) in [5.74, 6) is -0.151. The highest BCUT2D eigenvalue weighted by atomic mass is 16.6. The first-order chi connectivity index (χ1) is 11.8. The Morgan fingerprint density at radius 1 is 1.24 bits per heavy atom. The maximum Gasteiger partial charge on any atom is 0.408 e. The van der Waals surface area contributed by atoms with E-state index in [0.717, 1.165) is 11.1 Å². The molecule has 5 heteroatoms. The second kappa shape index (κ2) is 6.54. The van der Waals surface area contributed by atoms with Crippen LogP contribution in [0.4, 0.5) is 4.79 Å². The van der Waals surface area contributed by atoms with Crippen molar-refractivity contribution in [2.24, 2.45) is 0 Å². The molecule has 0 radical (unpaired) electrons. The molecule has 25 heavy (non-hydrogen) atoms. The van der Waals surface area contributed by atoms with E-state index >= 15 is 0 Å². The number of benzene rings is 1. The molecule has 0 bridgehead atoms. The third kappa shape index (κ3) is 4.21. The van der Waals surface area contributed by atoms with Crippen LogP contribution in [0.25, 0.3) is 5.57 Å². The Balaban J connectivity index is 1.86. The molecule has 5 nitrogen and oxygen atoms in total. The minimum Gasteiger partial charge on any atom is -0.455 e. The zero-order chi connectivity index (χ0) is 18.1. The highest BCUT2D eigenvalue weighted by molar-refractivity contribution is 5.79. The standard InChI is InChI=1S/C20H25NO4/c1-19(2,3)25-18(23)21-16-9-11-20(12-10-17(22)24-20)13-15(16)14-7-5-4-6-8-14/h4-8,13,16H,9-12H2,1-3H3,(H,21,23)/t16-,20+/m1/s1. The zero-order valence-electron chi connectivity index (χ0n) is 15.0. The summed E-state index contributed by atoms with van der Waals surface area (Å²) >= 11 is 0. The molecule has 0 saturated carbocycles. The van der Waals surface area contributed by atoms with Crippen LogP contribution in [0.15, 0.2) is 36.4 Å². The summed E-state index contributed by atoms with van der Waals surface area (Å²) in [5, 5.41) is 2.97. The van der Waals surface area contributed by atoms with Crippen molar-refractivity contribution < 1.29 is 19.1 Å². The lowest BCUT2D eigenvalue weighted by atomic mass is 9.79. The fourth-order valence-electron chi connectivity index (χ4n) is 3.44. The zero-order valence-corrected chi connectivity index (χ0v) is 15.0. The predicted molar refractivity (Wildman–Crippen MR) is 94.9 cm³/mol. The topological polar surface area (TPSA) is 64.6 Å². The smallest absolute Gasteiger partial charge is 0.408 e. The molecule has 1 aromatic carbocycles. The van der Waals surface area contributed by atoms with Gasteiger partial charge in [-0.15, -0.1) is 0 Å². The molecule has 1 saturated heterocycles. The van der Waals surface area contributed by atoms with Crippen LogP contribution in [-0.4, -0.2) is 29.3 Å². The summed E-state index contributed by atoms with van der Waals surface area (Å²) in [5.41, 5.74) is 0.921. The molecular weight excluding hydrogens is 318 g/mol. The van der Waals surface area contributed by atoms with Crippen LogP contribution in [0.5, 0.6) is 0 Å². The van der Waals surface area contributed by atoms with Gasteiger partial charge in [-0.2, -0.15) is 0 Å². The van der Waals surface area contributed by atoms with E-state index in [4.69, 9.17) is 9.47 Å². The number of amides is 1. The maximum atomic E-state index is 12.2. The fraction of sp³-hybridized carbons (Fsp3) is 0.500. The molecule has 0 aromatic heterocycles. The number of ether oxygens (including phenoxy) is 2. The Labute approximate surface area is 148 Å².